The van der Waals surface area contributed by atoms with E-state index in [2.05, 4.69) is 15.1 Å². The van der Waals surface area contributed by atoms with E-state index in [9.17, 15) is 13.6 Å². The summed E-state index contributed by atoms with van der Waals surface area (Å²) in [6, 6.07) is 7.22. The number of ether oxygens (including phenoxy) is 1. The second-order valence-electron chi connectivity index (χ2n) is 7.60. The Hall–Kier alpha value is -3.20. The number of halogens is 2. The fraction of sp³-hybridized carbons (Fsp3) is 0.364. The molecule has 3 heterocycles. The van der Waals surface area contributed by atoms with Crippen molar-refractivity contribution in [2.45, 2.75) is 24.7 Å². The lowest BCUT2D eigenvalue weighted by atomic mass is 9.75. The van der Waals surface area contributed by atoms with Crippen LogP contribution in [0.5, 0.6) is 0 Å². The van der Waals surface area contributed by atoms with Crippen LogP contribution in [0.25, 0.3) is 11.5 Å². The Morgan fingerprint density at radius 1 is 1.19 bits per heavy atom. The Balaban J connectivity index is 1.54. The number of hydrogen-bond acceptors (Lipinski definition) is 6. The number of amides is 1. The van der Waals surface area contributed by atoms with Gasteiger partial charge in [-0.1, -0.05) is 5.16 Å². The van der Waals surface area contributed by atoms with Crippen LogP contribution in [0.4, 0.5) is 8.78 Å². The molecule has 1 amide bonds. The molecule has 0 unspecified atom stereocenters. The highest BCUT2D eigenvalue weighted by Crippen LogP contribution is 2.38. The summed E-state index contributed by atoms with van der Waals surface area (Å²) in [5.74, 6) is -0.496. The van der Waals surface area contributed by atoms with E-state index >= 15 is 0 Å². The average Bonchev–Trinajstić information content (AvgIpc) is 3.29. The van der Waals surface area contributed by atoms with E-state index in [0.29, 0.717) is 56.2 Å². The molecule has 0 saturated carbocycles. The van der Waals surface area contributed by atoms with Crippen molar-refractivity contribution in [2.75, 3.05) is 26.8 Å². The Kier molecular flexibility index (Phi) is 6.03. The monoisotopic (exact) mass is 428 g/mol. The highest BCUT2D eigenvalue weighted by atomic mass is 19.1. The van der Waals surface area contributed by atoms with Crippen LogP contribution < -0.4 is 0 Å². The second kappa shape index (κ2) is 8.89. The Morgan fingerprint density at radius 2 is 1.94 bits per heavy atom. The Bertz CT molecular complexity index is 1050. The first kappa shape index (κ1) is 21.0. The molecule has 4 rings (SSSR count). The SMILES string of the molecule is COCCC1(c2noc(-c3ccc(F)cc3)n2)CCN(C(=O)c2ccncc2F)CC1. The highest BCUT2D eigenvalue weighted by Gasteiger charge is 2.41. The van der Waals surface area contributed by atoms with Crippen molar-refractivity contribution >= 4 is 5.91 Å². The van der Waals surface area contributed by atoms with Gasteiger partial charge in [0.2, 0.25) is 0 Å². The summed E-state index contributed by atoms with van der Waals surface area (Å²) in [7, 11) is 1.62. The van der Waals surface area contributed by atoms with E-state index in [0.717, 1.165) is 6.20 Å². The summed E-state index contributed by atoms with van der Waals surface area (Å²) in [4.78, 5) is 22.6. The number of carbonyl (C=O) groups is 1. The van der Waals surface area contributed by atoms with Crippen LogP contribution in [-0.4, -0.2) is 52.7 Å². The van der Waals surface area contributed by atoms with Gasteiger partial charge in [0.25, 0.3) is 11.8 Å². The van der Waals surface area contributed by atoms with Gasteiger partial charge in [-0.25, -0.2) is 8.78 Å². The smallest absolute Gasteiger partial charge is 0.257 e. The maximum atomic E-state index is 14.0. The van der Waals surface area contributed by atoms with Gasteiger partial charge in [-0.15, -0.1) is 0 Å². The van der Waals surface area contributed by atoms with Crippen LogP contribution in [0, 0.1) is 11.6 Å². The number of hydrogen-bond donors (Lipinski definition) is 0. The number of rotatable bonds is 6. The zero-order chi connectivity index (χ0) is 21.8. The molecule has 162 valence electrons. The summed E-state index contributed by atoms with van der Waals surface area (Å²) < 4.78 is 37.9. The van der Waals surface area contributed by atoms with Crippen molar-refractivity contribution in [2.24, 2.45) is 0 Å². The van der Waals surface area contributed by atoms with Gasteiger partial charge in [0.05, 0.1) is 11.8 Å². The number of pyridine rings is 1. The number of methoxy groups -OCH3 is 1. The number of piperidine rings is 1. The lowest BCUT2D eigenvalue weighted by molar-refractivity contribution is 0.0611. The maximum Gasteiger partial charge on any atom is 0.257 e. The molecule has 0 spiro atoms. The van der Waals surface area contributed by atoms with E-state index in [4.69, 9.17) is 9.26 Å². The van der Waals surface area contributed by atoms with Crippen molar-refractivity contribution in [3.05, 3.63) is 65.7 Å². The lowest BCUT2D eigenvalue weighted by Gasteiger charge is -2.39. The standard InChI is InChI=1S/C22H22F2N4O3/c1-30-13-9-22(21-26-19(31-27-21)15-2-4-16(23)5-3-15)7-11-28(12-8-22)20(29)17-6-10-25-14-18(17)24/h2-6,10,14H,7-9,11-13H2,1H3. The molecule has 1 fully saturated rings. The van der Waals surface area contributed by atoms with Crippen molar-refractivity contribution in [3.8, 4) is 11.5 Å². The number of aromatic nitrogens is 3. The normalized spacial score (nSPS) is 15.8. The van der Waals surface area contributed by atoms with E-state index < -0.39 is 11.2 Å². The minimum absolute atomic E-state index is 0.0116. The van der Waals surface area contributed by atoms with Gasteiger partial charge >= 0.3 is 0 Å². The summed E-state index contributed by atoms with van der Waals surface area (Å²) in [6.45, 7) is 1.34. The molecule has 0 aliphatic carbocycles. The molecule has 0 bridgehead atoms. The van der Waals surface area contributed by atoms with Gasteiger partial charge < -0.3 is 14.2 Å². The van der Waals surface area contributed by atoms with Crippen molar-refractivity contribution in [1.29, 1.82) is 0 Å². The van der Waals surface area contributed by atoms with Crippen LogP contribution >= 0.6 is 0 Å². The zero-order valence-electron chi connectivity index (χ0n) is 17.1. The number of nitrogens with zero attached hydrogens (tertiary/aromatic N) is 4. The van der Waals surface area contributed by atoms with Crippen LogP contribution in [-0.2, 0) is 10.2 Å². The lowest BCUT2D eigenvalue weighted by Crippen LogP contribution is -2.46. The number of likely N-dealkylation sites (tertiary alicyclic amines) is 1. The topological polar surface area (TPSA) is 81.4 Å². The first-order valence-corrected chi connectivity index (χ1v) is 10.0. The van der Waals surface area contributed by atoms with Crippen molar-refractivity contribution < 1.29 is 22.8 Å². The molecule has 0 radical (unpaired) electrons. The van der Waals surface area contributed by atoms with Crippen LogP contribution in [0.2, 0.25) is 0 Å². The number of benzene rings is 1. The van der Waals surface area contributed by atoms with Crippen molar-refractivity contribution in [3.63, 3.8) is 0 Å². The molecule has 1 aliphatic heterocycles. The van der Waals surface area contributed by atoms with E-state index in [-0.39, 0.29) is 17.3 Å². The molecule has 1 saturated heterocycles. The zero-order valence-corrected chi connectivity index (χ0v) is 17.1. The minimum Gasteiger partial charge on any atom is -0.385 e. The molecule has 1 aromatic carbocycles. The molecule has 1 aliphatic rings. The second-order valence-corrected chi connectivity index (χ2v) is 7.60. The molecule has 2 aromatic heterocycles. The molecule has 31 heavy (non-hydrogen) atoms. The van der Waals surface area contributed by atoms with Crippen molar-refractivity contribution in [1.82, 2.24) is 20.0 Å². The summed E-state index contributed by atoms with van der Waals surface area (Å²) in [6.07, 6.45) is 4.25. The van der Waals surface area contributed by atoms with Gasteiger partial charge in [0.15, 0.2) is 11.6 Å². The summed E-state index contributed by atoms with van der Waals surface area (Å²) >= 11 is 0. The average molecular weight is 428 g/mol. The molecular weight excluding hydrogens is 406 g/mol. The number of carbonyl (C=O) groups excluding carboxylic acids is 1. The summed E-state index contributed by atoms with van der Waals surface area (Å²) in [5.41, 5.74) is 0.200. The van der Waals surface area contributed by atoms with Gasteiger partial charge in [-0.05, 0) is 49.6 Å². The predicted molar refractivity (Wildman–Crippen MR) is 107 cm³/mol. The first-order valence-electron chi connectivity index (χ1n) is 10.0. The third kappa shape index (κ3) is 4.32. The van der Waals surface area contributed by atoms with Gasteiger partial charge in [-0.3, -0.25) is 9.78 Å². The van der Waals surface area contributed by atoms with Crippen LogP contribution in [0.3, 0.4) is 0 Å². The maximum absolute atomic E-state index is 14.0. The van der Waals surface area contributed by atoms with Gasteiger partial charge in [0.1, 0.15) is 5.82 Å². The largest absolute Gasteiger partial charge is 0.385 e. The highest BCUT2D eigenvalue weighted by molar-refractivity contribution is 5.94. The quantitative estimate of drug-likeness (QED) is 0.597. The Labute approximate surface area is 178 Å². The first-order chi connectivity index (χ1) is 15.0. The van der Waals surface area contributed by atoms with Gasteiger partial charge in [-0.2, -0.15) is 4.98 Å². The molecule has 9 heteroatoms. The Morgan fingerprint density at radius 3 is 2.61 bits per heavy atom. The third-order valence-corrected chi connectivity index (χ3v) is 5.79. The molecule has 3 aromatic rings. The molecule has 0 atom stereocenters. The van der Waals surface area contributed by atoms with Gasteiger partial charge in [0, 0.05) is 44.0 Å². The predicted octanol–water partition coefficient (Wildman–Crippen LogP) is 3.62. The fourth-order valence-corrected chi connectivity index (χ4v) is 3.89. The van der Waals surface area contributed by atoms with Crippen LogP contribution in [0.1, 0.15) is 35.4 Å². The molecular formula is C22H22F2N4O3. The molecule has 0 N–H and O–H groups in total. The van der Waals surface area contributed by atoms with Crippen LogP contribution in [0.15, 0.2) is 47.2 Å². The minimum atomic E-state index is -0.633. The van der Waals surface area contributed by atoms with E-state index in [1.807, 2.05) is 0 Å². The summed E-state index contributed by atoms with van der Waals surface area (Å²) in [5, 5.41) is 4.20. The van der Waals surface area contributed by atoms with E-state index in [1.165, 1.54) is 24.4 Å². The fourth-order valence-electron chi connectivity index (χ4n) is 3.89. The van der Waals surface area contributed by atoms with E-state index in [1.54, 1.807) is 24.1 Å². The molecule has 7 nitrogen and oxygen atoms in total. The third-order valence-electron chi connectivity index (χ3n) is 5.79.